The largest absolute Gasteiger partial charge is 0.338 e. The summed E-state index contributed by atoms with van der Waals surface area (Å²) in [7, 11) is -3.74. The lowest BCUT2D eigenvalue weighted by atomic mass is 9.97. The molecule has 2 N–H and O–H groups in total. The summed E-state index contributed by atoms with van der Waals surface area (Å²) in [6.07, 6.45) is 7.49. The molecule has 2 aromatic rings. The van der Waals surface area contributed by atoms with E-state index in [0.29, 0.717) is 18.0 Å². The zero-order valence-electron chi connectivity index (χ0n) is 13.2. The molecule has 1 aliphatic rings. The number of primary sulfonamides is 1. The van der Waals surface area contributed by atoms with Gasteiger partial charge < -0.3 is 9.47 Å². The van der Waals surface area contributed by atoms with Gasteiger partial charge in [-0.2, -0.15) is 0 Å². The van der Waals surface area contributed by atoms with Crippen LogP contribution in [-0.2, 0) is 16.6 Å². The Labute approximate surface area is 141 Å². The number of rotatable bonds is 4. The van der Waals surface area contributed by atoms with Gasteiger partial charge in [0.05, 0.1) is 11.2 Å². The van der Waals surface area contributed by atoms with E-state index in [1.54, 1.807) is 12.5 Å². The number of hydrogen-bond donors (Lipinski definition) is 1. The molecule has 1 unspecified atom stereocenters. The molecular weight excluding hydrogens is 328 g/mol. The lowest BCUT2D eigenvalue weighted by molar-refractivity contribution is 0.0662. The van der Waals surface area contributed by atoms with Gasteiger partial charge in [-0.25, -0.2) is 18.5 Å². The number of amides is 1. The van der Waals surface area contributed by atoms with Gasteiger partial charge in [0, 0.05) is 37.6 Å². The Hall–Kier alpha value is -2.19. The third-order valence-corrected chi connectivity index (χ3v) is 5.19. The Bertz CT molecular complexity index is 800. The van der Waals surface area contributed by atoms with E-state index in [1.165, 1.54) is 24.3 Å². The SMILES string of the molecule is NS(=O)(=O)c1ccc(C(=O)N2CCCC(Cn3ccnc3)C2)cc1. The minimum Gasteiger partial charge on any atom is -0.338 e. The van der Waals surface area contributed by atoms with E-state index >= 15 is 0 Å². The number of carbonyl (C=O) groups is 1. The van der Waals surface area contributed by atoms with Gasteiger partial charge in [0.15, 0.2) is 0 Å². The molecular formula is C16H20N4O3S. The molecule has 1 saturated heterocycles. The van der Waals surface area contributed by atoms with Crippen molar-refractivity contribution >= 4 is 15.9 Å². The molecule has 128 valence electrons. The van der Waals surface area contributed by atoms with Crippen LogP contribution in [0, 0.1) is 5.92 Å². The van der Waals surface area contributed by atoms with Crippen molar-refractivity contribution in [2.24, 2.45) is 11.1 Å². The van der Waals surface area contributed by atoms with Gasteiger partial charge in [-0.1, -0.05) is 0 Å². The summed E-state index contributed by atoms with van der Waals surface area (Å²) in [5.74, 6) is 0.312. The molecule has 0 spiro atoms. The molecule has 0 aliphatic carbocycles. The van der Waals surface area contributed by atoms with Crippen LogP contribution >= 0.6 is 0 Å². The summed E-state index contributed by atoms with van der Waals surface area (Å²) >= 11 is 0. The molecule has 1 atom stereocenters. The zero-order chi connectivity index (χ0) is 17.2. The predicted octanol–water partition coefficient (Wildman–Crippen LogP) is 1.08. The average Bonchev–Trinajstić information content (AvgIpc) is 3.07. The number of nitrogens with two attached hydrogens (primary N) is 1. The zero-order valence-corrected chi connectivity index (χ0v) is 14.0. The third-order valence-electron chi connectivity index (χ3n) is 4.26. The molecule has 1 aromatic heterocycles. The Morgan fingerprint density at radius 3 is 2.67 bits per heavy atom. The van der Waals surface area contributed by atoms with Crippen molar-refractivity contribution in [2.75, 3.05) is 13.1 Å². The van der Waals surface area contributed by atoms with Crippen LogP contribution in [0.4, 0.5) is 0 Å². The van der Waals surface area contributed by atoms with Crippen LogP contribution in [0.25, 0.3) is 0 Å². The second kappa shape index (κ2) is 6.74. The molecule has 7 nitrogen and oxygen atoms in total. The van der Waals surface area contributed by atoms with Crippen LogP contribution in [-0.4, -0.2) is 41.9 Å². The second-order valence-corrected chi connectivity index (χ2v) is 7.65. The first-order valence-electron chi connectivity index (χ1n) is 7.81. The molecule has 24 heavy (non-hydrogen) atoms. The Morgan fingerprint density at radius 2 is 2.04 bits per heavy atom. The van der Waals surface area contributed by atoms with Gasteiger partial charge in [0.1, 0.15) is 0 Å². The standard InChI is InChI=1S/C16H20N4O3S/c17-24(22,23)15-5-3-14(4-6-15)16(21)20-8-1-2-13(11-20)10-19-9-7-18-12-19/h3-7,9,12-13H,1-2,8,10-11H2,(H2,17,22,23). The highest BCUT2D eigenvalue weighted by Gasteiger charge is 2.25. The van der Waals surface area contributed by atoms with E-state index in [2.05, 4.69) is 4.98 Å². The second-order valence-electron chi connectivity index (χ2n) is 6.09. The van der Waals surface area contributed by atoms with Crippen molar-refractivity contribution in [3.8, 4) is 0 Å². The molecule has 0 saturated carbocycles. The summed E-state index contributed by atoms with van der Waals surface area (Å²) in [6, 6.07) is 5.77. The van der Waals surface area contributed by atoms with Crippen LogP contribution in [0.2, 0.25) is 0 Å². The van der Waals surface area contributed by atoms with Crippen LogP contribution in [0.5, 0.6) is 0 Å². The molecule has 2 heterocycles. The Morgan fingerprint density at radius 1 is 1.29 bits per heavy atom. The monoisotopic (exact) mass is 348 g/mol. The quantitative estimate of drug-likeness (QED) is 0.894. The van der Waals surface area contributed by atoms with Crippen molar-refractivity contribution < 1.29 is 13.2 Å². The highest BCUT2D eigenvalue weighted by Crippen LogP contribution is 2.20. The number of imidazole rings is 1. The molecule has 8 heteroatoms. The Kier molecular flexibility index (Phi) is 4.68. The predicted molar refractivity (Wildman–Crippen MR) is 88.7 cm³/mol. The molecule has 1 aromatic carbocycles. The molecule has 3 rings (SSSR count). The van der Waals surface area contributed by atoms with E-state index < -0.39 is 10.0 Å². The molecule has 1 aliphatic heterocycles. The highest BCUT2D eigenvalue weighted by atomic mass is 32.2. The van der Waals surface area contributed by atoms with E-state index in [0.717, 1.165) is 25.9 Å². The first-order chi connectivity index (χ1) is 11.4. The summed E-state index contributed by atoms with van der Waals surface area (Å²) in [6.45, 7) is 2.25. The van der Waals surface area contributed by atoms with Crippen LogP contribution in [0.15, 0.2) is 47.9 Å². The number of piperidine rings is 1. The van der Waals surface area contributed by atoms with Gasteiger partial charge in [0.25, 0.3) is 5.91 Å². The van der Waals surface area contributed by atoms with Crippen molar-refractivity contribution in [1.82, 2.24) is 14.5 Å². The van der Waals surface area contributed by atoms with Gasteiger partial charge in [0.2, 0.25) is 10.0 Å². The van der Waals surface area contributed by atoms with Crippen LogP contribution < -0.4 is 5.14 Å². The fourth-order valence-corrected chi connectivity index (χ4v) is 3.58. The fourth-order valence-electron chi connectivity index (χ4n) is 3.06. The first-order valence-corrected chi connectivity index (χ1v) is 9.36. The third kappa shape index (κ3) is 3.82. The minimum absolute atomic E-state index is 0.00989. The van der Waals surface area contributed by atoms with E-state index in [1.807, 2.05) is 15.7 Å². The van der Waals surface area contributed by atoms with Crippen molar-refractivity contribution in [2.45, 2.75) is 24.3 Å². The van der Waals surface area contributed by atoms with Crippen LogP contribution in [0.1, 0.15) is 23.2 Å². The van der Waals surface area contributed by atoms with E-state index in [4.69, 9.17) is 5.14 Å². The van der Waals surface area contributed by atoms with E-state index in [-0.39, 0.29) is 10.8 Å². The fraction of sp³-hybridized carbons (Fsp3) is 0.375. The normalized spacial score (nSPS) is 18.5. The lowest BCUT2D eigenvalue weighted by Gasteiger charge is -2.33. The topological polar surface area (TPSA) is 98.3 Å². The highest BCUT2D eigenvalue weighted by molar-refractivity contribution is 7.89. The Balaban J connectivity index is 1.68. The number of carbonyl (C=O) groups excluding carboxylic acids is 1. The van der Waals surface area contributed by atoms with Gasteiger partial charge in [-0.3, -0.25) is 4.79 Å². The molecule has 1 fully saturated rings. The van der Waals surface area contributed by atoms with Gasteiger partial charge in [-0.05, 0) is 43.0 Å². The summed E-state index contributed by atoms with van der Waals surface area (Å²) in [5.41, 5.74) is 0.477. The number of aromatic nitrogens is 2. The van der Waals surface area contributed by atoms with Crippen molar-refractivity contribution in [1.29, 1.82) is 0 Å². The number of likely N-dealkylation sites (tertiary alicyclic amines) is 1. The van der Waals surface area contributed by atoms with Crippen LogP contribution in [0.3, 0.4) is 0 Å². The molecule has 0 radical (unpaired) electrons. The summed E-state index contributed by atoms with van der Waals surface area (Å²) in [5, 5.41) is 5.08. The van der Waals surface area contributed by atoms with Gasteiger partial charge >= 0.3 is 0 Å². The smallest absolute Gasteiger partial charge is 0.253 e. The number of benzene rings is 1. The minimum atomic E-state index is -3.74. The van der Waals surface area contributed by atoms with E-state index in [9.17, 15) is 13.2 Å². The number of hydrogen-bond acceptors (Lipinski definition) is 4. The summed E-state index contributed by atoms with van der Waals surface area (Å²) in [4.78, 5) is 18.5. The maximum atomic E-state index is 12.6. The lowest BCUT2D eigenvalue weighted by Crippen LogP contribution is -2.41. The number of nitrogens with zero attached hydrogens (tertiary/aromatic N) is 3. The summed E-state index contributed by atoms with van der Waals surface area (Å²) < 4.78 is 24.6. The first kappa shape index (κ1) is 16.7. The van der Waals surface area contributed by atoms with Gasteiger partial charge in [-0.15, -0.1) is 0 Å². The maximum Gasteiger partial charge on any atom is 0.253 e. The molecule has 1 amide bonds. The van der Waals surface area contributed by atoms with Crippen molar-refractivity contribution in [3.05, 3.63) is 48.5 Å². The average molecular weight is 348 g/mol. The van der Waals surface area contributed by atoms with Crippen molar-refractivity contribution in [3.63, 3.8) is 0 Å². The number of sulfonamides is 1. The maximum absolute atomic E-state index is 12.6. The molecule has 0 bridgehead atoms.